The summed E-state index contributed by atoms with van der Waals surface area (Å²) in [5.74, 6) is 1.69. The molecule has 2 atom stereocenters. The first kappa shape index (κ1) is 34.5. The van der Waals surface area contributed by atoms with Gasteiger partial charge in [0.1, 0.15) is 11.6 Å². The van der Waals surface area contributed by atoms with Crippen LogP contribution in [-0.4, -0.2) is 48.0 Å². The lowest BCUT2D eigenvalue weighted by molar-refractivity contribution is -0.130. The smallest absolute Gasteiger partial charge is 0.266 e. The fourth-order valence-electron chi connectivity index (χ4n) is 5.35. The van der Waals surface area contributed by atoms with E-state index in [1.165, 1.54) is 12.1 Å². The molecule has 0 saturated heterocycles. The van der Waals surface area contributed by atoms with Crippen molar-refractivity contribution < 1.29 is 23.8 Å². The summed E-state index contributed by atoms with van der Waals surface area (Å²) in [6, 6.07) is 30.7. The van der Waals surface area contributed by atoms with E-state index < -0.39 is 11.6 Å². The SMILES string of the molecule is [N-]=[N+]=NCc1ccccc1[C@@H]1OC(c2ccc(OCCCO)cc2)=N[C@]1(Cc1ccccc1)C(=O)NNCCSCc1ccc(F)cc1. The van der Waals surface area contributed by atoms with Crippen molar-refractivity contribution in [2.24, 2.45) is 10.1 Å². The van der Waals surface area contributed by atoms with Crippen LogP contribution in [0.15, 0.2) is 113 Å². The molecule has 1 heterocycles. The van der Waals surface area contributed by atoms with Crippen molar-refractivity contribution in [2.45, 2.75) is 36.8 Å². The van der Waals surface area contributed by atoms with E-state index in [1.807, 2.05) is 66.7 Å². The molecular weight excluding hydrogens is 631 g/mol. The number of ether oxygens (including phenoxy) is 2. The van der Waals surface area contributed by atoms with Crippen molar-refractivity contribution in [3.8, 4) is 5.75 Å². The predicted octanol–water partition coefficient (Wildman–Crippen LogP) is 6.45. The summed E-state index contributed by atoms with van der Waals surface area (Å²) in [7, 11) is 0. The van der Waals surface area contributed by atoms with Gasteiger partial charge in [0.25, 0.3) is 5.91 Å². The van der Waals surface area contributed by atoms with Gasteiger partial charge in [-0.25, -0.2) is 14.8 Å². The van der Waals surface area contributed by atoms with Crippen molar-refractivity contribution in [1.29, 1.82) is 0 Å². The molecule has 0 aliphatic carbocycles. The lowest BCUT2D eigenvalue weighted by atomic mass is 9.81. The predicted molar refractivity (Wildman–Crippen MR) is 185 cm³/mol. The van der Waals surface area contributed by atoms with Crippen LogP contribution >= 0.6 is 11.8 Å². The Morgan fingerprint density at radius 3 is 2.52 bits per heavy atom. The van der Waals surface area contributed by atoms with Gasteiger partial charge in [0.2, 0.25) is 5.90 Å². The van der Waals surface area contributed by atoms with Crippen LogP contribution < -0.4 is 15.6 Å². The van der Waals surface area contributed by atoms with Crippen LogP contribution in [0.25, 0.3) is 10.4 Å². The zero-order valence-electron chi connectivity index (χ0n) is 26.3. The summed E-state index contributed by atoms with van der Waals surface area (Å²) >= 11 is 1.66. The van der Waals surface area contributed by atoms with Crippen molar-refractivity contribution in [3.63, 3.8) is 0 Å². The highest BCUT2D eigenvalue weighted by Crippen LogP contribution is 2.43. The number of benzene rings is 4. The average Bonchev–Trinajstić information content (AvgIpc) is 3.50. The standard InChI is InChI=1S/C36H37FN6O4S/c37-30-15-11-27(12-16-30)25-48-22-19-39-42-35(45)36(23-26-7-2-1-3-8-26)33(32-10-5-4-9-29(32)24-40-43-38)47-34(41-36)28-13-17-31(18-14-28)46-21-6-20-44/h1-5,7-18,33,39,44H,6,19-25H2,(H,42,45)/t33-,36-/m0/s1. The summed E-state index contributed by atoms with van der Waals surface area (Å²) in [6.45, 7) is 0.983. The quantitative estimate of drug-likeness (QED) is 0.0388. The normalized spacial score (nSPS) is 16.8. The Kier molecular flexibility index (Phi) is 12.4. The minimum Gasteiger partial charge on any atom is -0.494 e. The molecule has 1 aliphatic heterocycles. The Balaban J connectivity index is 1.43. The summed E-state index contributed by atoms with van der Waals surface area (Å²) in [6.07, 6.45) is -0.104. The first-order valence-electron chi connectivity index (χ1n) is 15.6. The van der Waals surface area contributed by atoms with Crippen molar-refractivity contribution in [2.75, 3.05) is 25.5 Å². The third kappa shape index (κ3) is 8.93. The number of thioether (sulfide) groups is 1. The fourth-order valence-corrected chi connectivity index (χ4v) is 6.17. The van der Waals surface area contributed by atoms with Crippen LogP contribution in [0, 0.1) is 5.82 Å². The number of hydrogen-bond donors (Lipinski definition) is 3. The summed E-state index contributed by atoms with van der Waals surface area (Å²) in [4.78, 5) is 22.4. The highest BCUT2D eigenvalue weighted by Gasteiger charge is 2.53. The first-order chi connectivity index (χ1) is 23.5. The van der Waals surface area contributed by atoms with Crippen molar-refractivity contribution in [1.82, 2.24) is 10.9 Å². The van der Waals surface area contributed by atoms with E-state index in [1.54, 1.807) is 36.0 Å². The van der Waals surface area contributed by atoms with E-state index in [2.05, 4.69) is 20.9 Å². The molecule has 248 valence electrons. The molecule has 10 nitrogen and oxygen atoms in total. The number of amides is 1. The minimum atomic E-state index is -1.44. The molecule has 4 aromatic carbocycles. The van der Waals surface area contributed by atoms with Crippen LogP contribution in [0.3, 0.4) is 0 Å². The molecule has 0 aromatic heterocycles. The first-order valence-corrected chi connectivity index (χ1v) is 16.8. The van der Waals surface area contributed by atoms with Gasteiger partial charge < -0.3 is 14.6 Å². The molecule has 0 bridgehead atoms. The van der Waals surface area contributed by atoms with Gasteiger partial charge >= 0.3 is 0 Å². The molecular formula is C36H37FN6O4S. The minimum absolute atomic E-state index is 0.0422. The summed E-state index contributed by atoms with van der Waals surface area (Å²) in [5.41, 5.74) is 17.6. The third-order valence-electron chi connectivity index (χ3n) is 7.74. The van der Waals surface area contributed by atoms with Gasteiger partial charge in [0, 0.05) is 48.0 Å². The molecule has 1 amide bonds. The Hall–Kier alpha value is -4.87. The van der Waals surface area contributed by atoms with Crippen LogP contribution in [0.2, 0.25) is 0 Å². The van der Waals surface area contributed by atoms with Gasteiger partial charge in [-0.2, -0.15) is 11.8 Å². The number of hydrogen-bond acceptors (Lipinski definition) is 8. The number of aliphatic hydroxyl groups is 1. The zero-order chi connectivity index (χ0) is 33.6. The van der Waals surface area contributed by atoms with E-state index in [9.17, 15) is 9.18 Å². The molecule has 48 heavy (non-hydrogen) atoms. The number of azide groups is 1. The molecule has 5 rings (SSSR count). The third-order valence-corrected chi connectivity index (χ3v) is 8.77. The Morgan fingerprint density at radius 1 is 1.02 bits per heavy atom. The topological polar surface area (TPSA) is 141 Å². The molecule has 1 aliphatic rings. The van der Waals surface area contributed by atoms with Crippen LogP contribution in [-0.2, 0) is 28.2 Å². The number of hydrazine groups is 1. The van der Waals surface area contributed by atoms with E-state index >= 15 is 0 Å². The number of nitrogens with zero attached hydrogens (tertiary/aromatic N) is 4. The van der Waals surface area contributed by atoms with Crippen molar-refractivity contribution >= 4 is 23.6 Å². The van der Waals surface area contributed by atoms with Gasteiger partial charge in [-0.1, -0.05) is 71.8 Å². The maximum Gasteiger partial charge on any atom is 0.266 e. The van der Waals surface area contributed by atoms with Crippen LogP contribution in [0.1, 0.15) is 40.3 Å². The molecule has 0 saturated carbocycles. The second kappa shape index (κ2) is 17.3. The molecule has 0 unspecified atom stereocenters. The van der Waals surface area contributed by atoms with Gasteiger partial charge in [-0.3, -0.25) is 10.2 Å². The average molecular weight is 669 g/mol. The molecule has 4 aromatic rings. The van der Waals surface area contributed by atoms with E-state index in [4.69, 9.17) is 25.1 Å². The van der Waals surface area contributed by atoms with Gasteiger partial charge in [-0.05, 0) is 64.2 Å². The number of rotatable bonds is 17. The number of nitrogens with one attached hydrogen (secondary N) is 2. The zero-order valence-corrected chi connectivity index (χ0v) is 27.1. The maximum absolute atomic E-state index is 14.4. The van der Waals surface area contributed by atoms with Crippen LogP contribution in [0.4, 0.5) is 4.39 Å². The van der Waals surface area contributed by atoms with Gasteiger partial charge in [-0.15, -0.1) is 0 Å². The highest BCUT2D eigenvalue weighted by molar-refractivity contribution is 7.98. The molecule has 12 heteroatoms. The largest absolute Gasteiger partial charge is 0.494 e. The molecule has 0 fully saturated rings. The second-order valence-electron chi connectivity index (χ2n) is 11.1. The second-order valence-corrected chi connectivity index (χ2v) is 12.2. The van der Waals surface area contributed by atoms with E-state index in [0.29, 0.717) is 53.9 Å². The molecule has 0 radical (unpaired) electrons. The maximum atomic E-state index is 14.4. The number of carbonyl (C=O) groups is 1. The Morgan fingerprint density at radius 2 is 1.77 bits per heavy atom. The Bertz CT molecular complexity index is 1720. The van der Waals surface area contributed by atoms with Crippen LogP contribution in [0.5, 0.6) is 5.75 Å². The fraction of sp³-hybridized carbons (Fsp3) is 0.278. The van der Waals surface area contributed by atoms with Gasteiger partial charge in [0.05, 0.1) is 13.2 Å². The number of halogens is 1. The Labute approximate surface area is 283 Å². The lowest BCUT2D eigenvalue weighted by Crippen LogP contribution is -2.54. The summed E-state index contributed by atoms with van der Waals surface area (Å²) in [5, 5.41) is 12.9. The number of aliphatic imine (C=N–C) groups is 1. The number of aliphatic hydroxyl groups excluding tert-OH is 1. The van der Waals surface area contributed by atoms with E-state index in [0.717, 1.165) is 16.7 Å². The summed E-state index contributed by atoms with van der Waals surface area (Å²) < 4.78 is 25.6. The molecule has 0 spiro atoms. The lowest BCUT2D eigenvalue weighted by Gasteiger charge is -2.31. The number of carbonyl (C=O) groups excluding carboxylic acids is 1. The molecule has 3 N–H and O–H groups in total. The van der Waals surface area contributed by atoms with E-state index in [-0.39, 0.29) is 31.3 Å². The van der Waals surface area contributed by atoms with Gasteiger partial charge in [0.15, 0.2) is 11.6 Å². The monoisotopic (exact) mass is 668 g/mol. The van der Waals surface area contributed by atoms with Crippen molar-refractivity contribution in [3.05, 3.63) is 147 Å². The highest BCUT2D eigenvalue weighted by atomic mass is 32.2.